The third-order valence-corrected chi connectivity index (χ3v) is 6.54. The van der Waals surface area contributed by atoms with Gasteiger partial charge in [0.2, 0.25) is 0 Å². The molecule has 4 heteroatoms. The van der Waals surface area contributed by atoms with Crippen molar-refractivity contribution in [2.75, 3.05) is 26.4 Å². The molecule has 0 radical (unpaired) electrons. The topological polar surface area (TPSA) is 4.44 Å². The molecule has 1 aliphatic rings. The van der Waals surface area contributed by atoms with Crippen LogP contribution in [0.2, 0.25) is 5.02 Å². The predicted molar refractivity (Wildman–Crippen MR) is 98.6 cm³/mol. The zero-order valence-corrected chi connectivity index (χ0v) is 15.3. The maximum Gasteiger partial charge on any atom is 0.0859 e. The number of halogens is 1. The van der Waals surface area contributed by atoms with Crippen LogP contribution in [-0.4, -0.2) is 26.4 Å². The van der Waals surface area contributed by atoms with Gasteiger partial charge < -0.3 is 4.90 Å². The van der Waals surface area contributed by atoms with Gasteiger partial charge >= 0.3 is 0 Å². The van der Waals surface area contributed by atoms with E-state index in [1.54, 1.807) is 0 Å². The molecular weight excluding hydrogens is 330 g/mol. The first-order chi connectivity index (χ1) is 10.6. The molecule has 0 aromatic heterocycles. The van der Waals surface area contributed by atoms with Crippen molar-refractivity contribution in [2.24, 2.45) is 0 Å². The summed E-state index contributed by atoms with van der Waals surface area (Å²) in [6.07, 6.45) is 1.06. The fourth-order valence-corrected chi connectivity index (χ4v) is 5.51. The summed E-state index contributed by atoms with van der Waals surface area (Å²) in [4.78, 5) is 4.24. The molecular formula is C18H21ClNS2+. The predicted octanol–water partition coefficient (Wildman–Crippen LogP) is 3.97. The van der Waals surface area contributed by atoms with Crippen LogP contribution in [0, 0.1) is 0 Å². The van der Waals surface area contributed by atoms with Gasteiger partial charge in [0.15, 0.2) is 0 Å². The molecule has 1 N–H and O–H groups in total. The fraction of sp³-hybridized carbons (Fsp3) is 0.333. The van der Waals surface area contributed by atoms with Gasteiger partial charge in [0.1, 0.15) is 0 Å². The van der Waals surface area contributed by atoms with Gasteiger partial charge in [0.25, 0.3) is 0 Å². The van der Waals surface area contributed by atoms with Gasteiger partial charge in [-0.2, -0.15) is 0 Å². The summed E-state index contributed by atoms with van der Waals surface area (Å²) in [5.74, 6) is 1.18. The molecule has 0 fully saturated rings. The van der Waals surface area contributed by atoms with E-state index in [0.717, 1.165) is 11.4 Å². The molecule has 2 aromatic carbocycles. The van der Waals surface area contributed by atoms with Crippen LogP contribution in [0.1, 0.15) is 16.4 Å². The smallest absolute Gasteiger partial charge is 0.0859 e. The van der Waals surface area contributed by atoms with Crippen molar-refractivity contribution in [3.05, 3.63) is 58.6 Å². The van der Waals surface area contributed by atoms with Crippen molar-refractivity contribution in [1.29, 1.82) is 0 Å². The van der Waals surface area contributed by atoms with E-state index in [4.69, 9.17) is 11.6 Å². The van der Waals surface area contributed by atoms with Gasteiger partial charge in [-0.1, -0.05) is 41.6 Å². The van der Waals surface area contributed by atoms with Crippen molar-refractivity contribution in [3.8, 4) is 0 Å². The second kappa shape index (κ2) is 7.31. The minimum Gasteiger partial charge on any atom is -0.339 e. The highest BCUT2D eigenvalue weighted by Gasteiger charge is 2.23. The number of quaternary nitrogens is 1. The van der Waals surface area contributed by atoms with E-state index in [1.807, 2.05) is 17.8 Å². The van der Waals surface area contributed by atoms with E-state index in [2.05, 4.69) is 62.3 Å². The SMILES string of the molecule is C[NH+](C)CCS[C@@H]1Cc2cc(Cl)ccc2Sc2ccccc21. The third kappa shape index (κ3) is 3.83. The second-order valence-corrected chi connectivity index (χ2v) is 8.74. The summed E-state index contributed by atoms with van der Waals surface area (Å²) < 4.78 is 0. The lowest BCUT2D eigenvalue weighted by atomic mass is 10.0. The Bertz CT molecular complexity index is 657. The van der Waals surface area contributed by atoms with Gasteiger partial charge in [0, 0.05) is 25.8 Å². The Balaban J connectivity index is 1.90. The zero-order chi connectivity index (χ0) is 15.5. The van der Waals surface area contributed by atoms with Crippen molar-refractivity contribution in [2.45, 2.75) is 21.5 Å². The summed E-state index contributed by atoms with van der Waals surface area (Å²) in [6, 6.07) is 15.1. The minimum absolute atomic E-state index is 0.516. The summed E-state index contributed by atoms with van der Waals surface area (Å²) in [5, 5.41) is 1.36. The molecule has 22 heavy (non-hydrogen) atoms. The molecule has 0 saturated carbocycles. The molecule has 1 aliphatic heterocycles. The lowest BCUT2D eigenvalue weighted by Gasteiger charge is -2.17. The summed E-state index contributed by atoms with van der Waals surface area (Å²) in [6.45, 7) is 1.19. The zero-order valence-electron chi connectivity index (χ0n) is 12.9. The van der Waals surface area contributed by atoms with Crippen molar-refractivity contribution in [3.63, 3.8) is 0 Å². The second-order valence-electron chi connectivity index (χ2n) is 5.91. The van der Waals surface area contributed by atoms with E-state index >= 15 is 0 Å². The Labute approximate surface area is 146 Å². The molecule has 0 amide bonds. The highest BCUT2D eigenvalue weighted by molar-refractivity contribution is 8.00. The quantitative estimate of drug-likeness (QED) is 0.889. The summed E-state index contributed by atoms with van der Waals surface area (Å²) in [7, 11) is 4.43. The normalized spacial score (nSPS) is 17.0. The van der Waals surface area contributed by atoms with E-state index in [-0.39, 0.29) is 0 Å². The highest BCUT2D eigenvalue weighted by atomic mass is 35.5. The van der Waals surface area contributed by atoms with Gasteiger partial charge in [-0.3, -0.25) is 0 Å². The molecule has 0 unspecified atom stereocenters. The average Bonchev–Trinajstić information content (AvgIpc) is 2.63. The Morgan fingerprint density at radius 1 is 1.18 bits per heavy atom. The molecule has 0 aliphatic carbocycles. The number of benzene rings is 2. The molecule has 0 spiro atoms. The first-order valence-electron chi connectivity index (χ1n) is 7.59. The minimum atomic E-state index is 0.516. The van der Waals surface area contributed by atoms with Crippen LogP contribution in [0.25, 0.3) is 0 Å². The Morgan fingerprint density at radius 2 is 2.00 bits per heavy atom. The lowest BCUT2D eigenvalue weighted by Crippen LogP contribution is -3.06. The van der Waals surface area contributed by atoms with Crippen LogP contribution >= 0.6 is 35.1 Å². The van der Waals surface area contributed by atoms with Crippen molar-refractivity contribution in [1.82, 2.24) is 0 Å². The monoisotopic (exact) mass is 350 g/mol. The number of fused-ring (bicyclic) bond motifs is 2. The number of hydrogen-bond acceptors (Lipinski definition) is 2. The molecule has 2 aromatic rings. The van der Waals surface area contributed by atoms with E-state index < -0.39 is 0 Å². The first-order valence-corrected chi connectivity index (χ1v) is 9.83. The van der Waals surface area contributed by atoms with Gasteiger partial charge in [-0.25, -0.2) is 0 Å². The molecule has 116 valence electrons. The van der Waals surface area contributed by atoms with Gasteiger partial charge in [-0.05, 0) is 41.8 Å². The maximum atomic E-state index is 6.22. The lowest BCUT2D eigenvalue weighted by molar-refractivity contribution is -0.855. The number of nitrogens with one attached hydrogen (secondary N) is 1. The number of rotatable bonds is 4. The van der Waals surface area contributed by atoms with Crippen LogP contribution in [0.15, 0.2) is 52.3 Å². The Kier molecular flexibility index (Phi) is 5.40. The summed E-state index contributed by atoms with van der Waals surface area (Å²) in [5.41, 5.74) is 2.85. The molecule has 1 atom stereocenters. The Hall–Kier alpha value is -0.610. The van der Waals surface area contributed by atoms with Crippen molar-refractivity contribution >= 4 is 35.1 Å². The molecule has 0 saturated heterocycles. The van der Waals surface area contributed by atoms with Crippen LogP contribution in [0.4, 0.5) is 0 Å². The number of thioether (sulfide) groups is 1. The van der Waals surface area contributed by atoms with Crippen LogP contribution in [-0.2, 0) is 6.42 Å². The Morgan fingerprint density at radius 3 is 2.82 bits per heavy atom. The van der Waals surface area contributed by atoms with E-state index in [1.165, 1.54) is 38.1 Å². The third-order valence-electron chi connectivity index (χ3n) is 3.83. The molecule has 1 nitrogen and oxygen atoms in total. The highest BCUT2D eigenvalue weighted by Crippen LogP contribution is 2.45. The largest absolute Gasteiger partial charge is 0.339 e. The average molecular weight is 351 g/mol. The van der Waals surface area contributed by atoms with Crippen LogP contribution < -0.4 is 4.90 Å². The fourth-order valence-electron chi connectivity index (χ4n) is 2.63. The van der Waals surface area contributed by atoms with E-state index in [9.17, 15) is 0 Å². The van der Waals surface area contributed by atoms with Crippen LogP contribution in [0.3, 0.4) is 0 Å². The standard InChI is InChI=1S/C18H20ClNS2/c1-20(2)9-10-21-18-12-13-11-14(19)7-8-16(13)22-17-6-4-3-5-15(17)18/h3-8,11,18H,9-10,12H2,1-2H3/p+1/t18-/m1/s1. The molecule has 0 bridgehead atoms. The summed E-state index contributed by atoms with van der Waals surface area (Å²) >= 11 is 10.2. The van der Waals surface area contributed by atoms with Crippen LogP contribution in [0.5, 0.6) is 0 Å². The maximum absolute atomic E-state index is 6.22. The van der Waals surface area contributed by atoms with Gasteiger partial charge in [-0.15, -0.1) is 11.8 Å². The first kappa shape index (κ1) is 16.3. The number of hydrogen-bond donors (Lipinski definition) is 1. The molecule has 3 rings (SSSR count). The van der Waals surface area contributed by atoms with Gasteiger partial charge in [0.05, 0.1) is 20.6 Å². The van der Waals surface area contributed by atoms with E-state index in [0.29, 0.717) is 5.25 Å². The molecule has 1 heterocycles. The van der Waals surface area contributed by atoms with Crippen molar-refractivity contribution < 1.29 is 4.90 Å².